The maximum absolute atomic E-state index is 6.20. The van der Waals surface area contributed by atoms with Crippen LogP contribution in [0.3, 0.4) is 0 Å². The zero-order valence-corrected chi connectivity index (χ0v) is 10.9. The summed E-state index contributed by atoms with van der Waals surface area (Å²) in [7, 11) is 0. The van der Waals surface area contributed by atoms with Gasteiger partial charge >= 0.3 is 0 Å². The van der Waals surface area contributed by atoms with Crippen molar-refractivity contribution in [2.45, 2.75) is 25.9 Å². The van der Waals surface area contributed by atoms with Crippen LogP contribution in [0.25, 0.3) is 0 Å². The third kappa shape index (κ3) is 2.53. The predicted molar refractivity (Wildman–Crippen MR) is 70.9 cm³/mol. The quantitative estimate of drug-likeness (QED) is 0.640. The van der Waals surface area contributed by atoms with Crippen LogP contribution in [0.1, 0.15) is 30.6 Å². The highest BCUT2D eigenvalue weighted by Gasteiger charge is 2.19. The molecule has 1 aromatic heterocycles. The van der Waals surface area contributed by atoms with Crippen molar-refractivity contribution in [1.82, 2.24) is 20.4 Å². The molecule has 1 aromatic carbocycles. The van der Waals surface area contributed by atoms with Gasteiger partial charge in [0.15, 0.2) is 0 Å². The summed E-state index contributed by atoms with van der Waals surface area (Å²) in [5.74, 6) is 5.65. The number of nitrogens with two attached hydrogens (primary N) is 1. The molecule has 0 aliphatic rings. The fraction of sp³-hybridized carbons (Fsp3) is 0.333. The van der Waals surface area contributed by atoms with Gasteiger partial charge in [0, 0.05) is 11.6 Å². The summed E-state index contributed by atoms with van der Waals surface area (Å²) in [6.07, 6.45) is 2.69. The first kappa shape index (κ1) is 13.0. The molecule has 5 nitrogen and oxygen atoms in total. The number of nitrogens with one attached hydrogen (secondary N) is 1. The first-order valence-corrected chi connectivity index (χ1v) is 6.24. The number of aryl methyl sites for hydroxylation is 1. The fourth-order valence-corrected chi connectivity index (χ4v) is 2.16. The van der Waals surface area contributed by atoms with E-state index >= 15 is 0 Å². The number of halogens is 1. The summed E-state index contributed by atoms with van der Waals surface area (Å²) in [5.41, 5.74) is 4.60. The molecule has 2 aromatic rings. The highest BCUT2D eigenvalue weighted by molar-refractivity contribution is 6.31. The molecular formula is C12H16ClN5. The summed E-state index contributed by atoms with van der Waals surface area (Å²) in [6.45, 7) is 2.89. The molecule has 0 radical (unpaired) electrons. The molecule has 2 rings (SSSR count). The van der Waals surface area contributed by atoms with Gasteiger partial charge in [-0.15, -0.1) is 5.10 Å². The van der Waals surface area contributed by atoms with E-state index < -0.39 is 0 Å². The molecule has 1 atom stereocenters. The van der Waals surface area contributed by atoms with Gasteiger partial charge in [-0.2, -0.15) is 0 Å². The Balaban J connectivity index is 2.39. The lowest BCUT2D eigenvalue weighted by atomic mass is 10.0. The van der Waals surface area contributed by atoms with Crippen LogP contribution >= 0.6 is 11.6 Å². The summed E-state index contributed by atoms with van der Waals surface area (Å²) >= 11 is 6.20. The first-order valence-electron chi connectivity index (χ1n) is 5.86. The average molecular weight is 266 g/mol. The highest BCUT2D eigenvalue weighted by atomic mass is 35.5. The Morgan fingerprint density at radius 1 is 1.44 bits per heavy atom. The van der Waals surface area contributed by atoms with Crippen LogP contribution < -0.4 is 11.3 Å². The highest BCUT2D eigenvalue weighted by Crippen LogP contribution is 2.27. The molecule has 1 heterocycles. The summed E-state index contributed by atoms with van der Waals surface area (Å²) in [4.78, 5) is 0. The second-order valence-corrected chi connectivity index (χ2v) is 4.41. The van der Waals surface area contributed by atoms with Gasteiger partial charge in [0.1, 0.15) is 0 Å². The number of hydrogen-bond donors (Lipinski definition) is 2. The molecule has 6 heteroatoms. The molecule has 96 valence electrons. The van der Waals surface area contributed by atoms with Crippen LogP contribution in [0.5, 0.6) is 0 Å². The van der Waals surface area contributed by atoms with Gasteiger partial charge in [0.2, 0.25) is 0 Å². The van der Waals surface area contributed by atoms with Gasteiger partial charge in [0.05, 0.1) is 17.9 Å². The van der Waals surface area contributed by atoms with Gasteiger partial charge in [-0.25, -0.2) is 10.1 Å². The van der Waals surface area contributed by atoms with Gasteiger partial charge in [-0.1, -0.05) is 41.9 Å². The lowest BCUT2D eigenvalue weighted by molar-refractivity contribution is 0.512. The number of hydrazine groups is 1. The van der Waals surface area contributed by atoms with Crippen molar-refractivity contribution in [3.63, 3.8) is 0 Å². The Kier molecular flexibility index (Phi) is 4.30. The molecule has 1 unspecified atom stereocenters. The zero-order valence-electron chi connectivity index (χ0n) is 10.2. The molecule has 0 bridgehead atoms. The Morgan fingerprint density at radius 2 is 2.22 bits per heavy atom. The van der Waals surface area contributed by atoms with E-state index in [1.165, 1.54) is 0 Å². The SMILES string of the molecule is CCCn1nncc1C(NN)c1ccccc1Cl. The lowest BCUT2D eigenvalue weighted by Gasteiger charge is -2.18. The second kappa shape index (κ2) is 5.95. The van der Waals surface area contributed by atoms with Crippen LogP contribution in [0.2, 0.25) is 5.02 Å². The Morgan fingerprint density at radius 3 is 2.89 bits per heavy atom. The summed E-state index contributed by atoms with van der Waals surface area (Å²) in [5, 5.41) is 8.67. The third-order valence-corrected chi connectivity index (χ3v) is 3.11. The number of hydrogen-bond acceptors (Lipinski definition) is 4. The van der Waals surface area contributed by atoms with Crippen molar-refractivity contribution in [2.75, 3.05) is 0 Å². The molecule has 0 fully saturated rings. The van der Waals surface area contributed by atoms with Crippen LogP contribution in [-0.2, 0) is 6.54 Å². The molecule has 0 saturated heterocycles. The van der Waals surface area contributed by atoms with Crippen LogP contribution in [0.15, 0.2) is 30.5 Å². The molecule has 18 heavy (non-hydrogen) atoms. The van der Waals surface area contributed by atoms with Crippen molar-refractivity contribution in [3.8, 4) is 0 Å². The van der Waals surface area contributed by atoms with Crippen molar-refractivity contribution < 1.29 is 0 Å². The minimum absolute atomic E-state index is 0.208. The van der Waals surface area contributed by atoms with Gasteiger partial charge in [-0.3, -0.25) is 5.84 Å². The molecule has 0 aliphatic carbocycles. The van der Waals surface area contributed by atoms with Crippen LogP contribution in [-0.4, -0.2) is 15.0 Å². The van der Waals surface area contributed by atoms with E-state index in [4.69, 9.17) is 17.4 Å². The summed E-state index contributed by atoms with van der Waals surface area (Å²) < 4.78 is 1.84. The smallest absolute Gasteiger partial charge is 0.0909 e. The fourth-order valence-electron chi connectivity index (χ4n) is 1.92. The minimum Gasteiger partial charge on any atom is -0.271 e. The Bertz CT molecular complexity index is 511. The van der Waals surface area contributed by atoms with Crippen molar-refractivity contribution in [1.29, 1.82) is 0 Å². The van der Waals surface area contributed by atoms with Crippen molar-refractivity contribution in [2.24, 2.45) is 5.84 Å². The monoisotopic (exact) mass is 265 g/mol. The van der Waals surface area contributed by atoms with E-state index in [0.717, 1.165) is 24.2 Å². The van der Waals surface area contributed by atoms with Gasteiger partial charge in [-0.05, 0) is 18.1 Å². The van der Waals surface area contributed by atoms with Crippen molar-refractivity contribution >= 4 is 11.6 Å². The maximum Gasteiger partial charge on any atom is 0.0909 e. The van der Waals surface area contributed by atoms with E-state index in [9.17, 15) is 0 Å². The first-order chi connectivity index (χ1) is 8.77. The van der Waals surface area contributed by atoms with Crippen molar-refractivity contribution in [3.05, 3.63) is 46.7 Å². The Labute approximate surface area is 111 Å². The zero-order chi connectivity index (χ0) is 13.0. The molecule has 0 amide bonds. The van der Waals surface area contributed by atoms with E-state index in [1.807, 2.05) is 28.9 Å². The number of aromatic nitrogens is 3. The molecule has 0 aliphatic heterocycles. The number of rotatable bonds is 5. The van der Waals surface area contributed by atoms with E-state index in [1.54, 1.807) is 6.20 Å². The number of nitrogens with zero attached hydrogens (tertiary/aromatic N) is 3. The average Bonchev–Trinajstić information content (AvgIpc) is 2.82. The lowest BCUT2D eigenvalue weighted by Crippen LogP contribution is -2.31. The topological polar surface area (TPSA) is 68.8 Å². The van der Waals surface area contributed by atoms with Gasteiger partial charge < -0.3 is 0 Å². The molecule has 0 saturated carbocycles. The molecule has 0 spiro atoms. The standard InChI is InChI=1S/C12H16ClN5/c1-2-7-18-11(8-15-17-18)12(16-14)9-5-3-4-6-10(9)13/h3-6,8,12,16H,2,7,14H2,1H3. The predicted octanol–water partition coefficient (Wildman–Crippen LogP) is 1.89. The normalized spacial score (nSPS) is 12.6. The maximum atomic E-state index is 6.20. The number of benzene rings is 1. The molecule has 3 N–H and O–H groups in total. The minimum atomic E-state index is -0.208. The Hall–Kier alpha value is -1.43. The summed E-state index contributed by atoms with van der Waals surface area (Å²) in [6, 6.07) is 7.39. The van der Waals surface area contributed by atoms with Crippen LogP contribution in [0.4, 0.5) is 0 Å². The second-order valence-electron chi connectivity index (χ2n) is 4.00. The van der Waals surface area contributed by atoms with E-state index in [-0.39, 0.29) is 6.04 Å². The van der Waals surface area contributed by atoms with E-state index in [2.05, 4.69) is 22.7 Å². The third-order valence-electron chi connectivity index (χ3n) is 2.76. The molecular weight excluding hydrogens is 250 g/mol. The van der Waals surface area contributed by atoms with E-state index in [0.29, 0.717) is 5.02 Å². The van der Waals surface area contributed by atoms with Crippen LogP contribution in [0, 0.1) is 0 Å². The van der Waals surface area contributed by atoms with Gasteiger partial charge in [0.25, 0.3) is 0 Å². The largest absolute Gasteiger partial charge is 0.271 e.